The zero-order chi connectivity index (χ0) is 11.1. The molecule has 1 aromatic carbocycles. The Labute approximate surface area is 121 Å². The summed E-state index contributed by atoms with van der Waals surface area (Å²) in [5, 5.41) is 15.1. The second-order valence-corrected chi connectivity index (χ2v) is 4.02. The molecule has 0 fully saturated rings. The number of carbonyl (C=O) groups is 1. The van der Waals surface area contributed by atoms with E-state index >= 15 is 0 Å². The van der Waals surface area contributed by atoms with Crippen molar-refractivity contribution in [3.05, 3.63) is 35.5 Å². The number of para-hydroxylation sites is 1. The number of hydrogen-bond acceptors (Lipinski definition) is 3. The third-order valence-electron chi connectivity index (χ3n) is 3.09. The molecule has 1 atom stereocenters. The first-order chi connectivity index (χ1) is 7.77. The minimum absolute atomic E-state index is 0. The summed E-state index contributed by atoms with van der Waals surface area (Å²) >= 11 is 0. The summed E-state index contributed by atoms with van der Waals surface area (Å²) < 4.78 is 0. The van der Waals surface area contributed by atoms with Crippen molar-refractivity contribution in [2.24, 2.45) is 0 Å². The van der Waals surface area contributed by atoms with Gasteiger partial charge in [-0.15, -0.1) is 0 Å². The van der Waals surface area contributed by atoms with E-state index in [4.69, 9.17) is 0 Å². The molecule has 0 bridgehead atoms. The maximum Gasteiger partial charge on any atom is 1.00 e. The van der Waals surface area contributed by atoms with Crippen molar-refractivity contribution in [1.82, 2.24) is 10.3 Å². The quantitative estimate of drug-likeness (QED) is 0.524. The van der Waals surface area contributed by atoms with Gasteiger partial charge in [-0.2, -0.15) is 0 Å². The van der Waals surface area contributed by atoms with Crippen LogP contribution in [0.4, 0.5) is 0 Å². The first-order valence-electron chi connectivity index (χ1n) is 5.31. The number of fused-ring (bicyclic) bond motifs is 3. The van der Waals surface area contributed by atoms with E-state index in [0.29, 0.717) is 6.54 Å². The molecule has 0 radical (unpaired) electrons. The number of H-pyrrole nitrogens is 1. The van der Waals surface area contributed by atoms with Crippen LogP contribution >= 0.6 is 0 Å². The van der Waals surface area contributed by atoms with Gasteiger partial charge in [0.05, 0.1) is 12.0 Å². The molecular weight excluding hydrogens is 227 g/mol. The summed E-state index contributed by atoms with van der Waals surface area (Å²) in [4.78, 5) is 14.2. The Bertz CT molecular complexity index is 565. The van der Waals surface area contributed by atoms with Gasteiger partial charge < -0.3 is 20.2 Å². The normalized spacial score (nSPS) is 18.5. The van der Waals surface area contributed by atoms with Crippen molar-refractivity contribution in [3.8, 4) is 0 Å². The van der Waals surface area contributed by atoms with E-state index in [-0.39, 0.29) is 29.6 Å². The zero-order valence-electron chi connectivity index (χ0n) is 9.62. The number of nitrogens with one attached hydrogen (secondary N) is 2. The number of aliphatic carboxylic acids is 1. The molecule has 5 heteroatoms. The van der Waals surface area contributed by atoms with Crippen LogP contribution in [-0.4, -0.2) is 17.5 Å². The summed E-state index contributed by atoms with van der Waals surface area (Å²) in [6, 6.07) is 7.16. The van der Waals surface area contributed by atoms with Crippen LogP contribution in [0.3, 0.4) is 0 Å². The number of carboxylic acids is 1. The fourth-order valence-electron chi connectivity index (χ4n) is 2.38. The van der Waals surface area contributed by atoms with E-state index in [1.54, 1.807) is 0 Å². The van der Waals surface area contributed by atoms with Crippen LogP contribution < -0.4 is 40.0 Å². The Hall–Kier alpha value is -0.810. The Morgan fingerprint density at radius 3 is 2.88 bits per heavy atom. The molecule has 1 aliphatic rings. The summed E-state index contributed by atoms with van der Waals surface area (Å²) in [6.45, 7) is 0.674. The zero-order valence-corrected chi connectivity index (χ0v) is 11.6. The Morgan fingerprint density at radius 1 is 1.35 bits per heavy atom. The van der Waals surface area contributed by atoms with Gasteiger partial charge in [-0.25, -0.2) is 0 Å². The predicted octanol–water partition coefficient (Wildman–Crippen LogP) is -2.89. The molecule has 4 nitrogen and oxygen atoms in total. The molecule has 1 aromatic heterocycles. The van der Waals surface area contributed by atoms with Crippen LogP contribution in [0.25, 0.3) is 10.9 Å². The summed E-state index contributed by atoms with van der Waals surface area (Å²) in [5.74, 6) is -1.08. The molecule has 2 aromatic rings. The van der Waals surface area contributed by atoms with Crippen LogP contribution in [0, 0.1) is 0 Å². The van der Waals surface area contributed by atoms with Crippen LogP contribution in [-0.2, 0) is 11.2 Å². The van der Waals surface area contributed by atoms with Gasteiger partial charge in [-0.1, -0.05) is 18.2 Å². The molecule has 2 heterocycles. The molecule has 0 saturated heterocycles. The molecule has 0 spiro atoms. The summed E-state index contributed by atoms with van der Waals surface area (Å²) in [6.07, 6.45) is 0.850. The molecule has 1 aliphatic heterocycles. The Morgan fingerprint density at radius 2 is 2.12 bits per heavy atom. The number of benzene rings is 1. The molecule has 0 amide bonds. The van der Waals surface area contributed by atoms with Crippen molar-refractivity contribution in [3.63, 3.8) is 0 Å². The smallest absolute Gasteiger partial charge is 0.548 e. The van der Waals surface area contributed by atoms with E-state index < -0.39 is 12.0 Å². The van der Waals surface area contributed by atoms with Crippen LogP contribution in [0.2, 0.25) is 0 Å². The average Bonchev–Trinajstić information content (AvgIpc) is 2.67. The van der Waals surface area contributed by atoms with Gasteiger partial charge >= 0.3 is 29.6 Å². The standard InChI is InChI=1S/C12H12N2O2.Na/c15-12(16)11-10-8(5-6-13-11)7-3-1-2-4-9(7)14-10;/h1-4,11,13-14H,5-6H2,(H,15,16);/q;+1/p-1. The van der Waals surface area contributed by atoms with Gasteiger partial charge in [0.2, 0.25) is 0 Å². The van der Waals surface area contributed by atoms with Crippen molar-refractivity contribution in [1.29, 1.82) is 0 Å². The molecule has 0 aliphatic carbocycles. The van der Waals surface area contributed by atoms with Crippen molar-refractivity contribution in [2.75, 3.05) is 6.54 Å². The van der Waals surface area contributed by atoms with Crippen LogP contribution in [0.1, 0.15) is 17.3 Å². The minimum atomic E-state index is -1.08. The van der Waals surface area contributed by atoms with E-state index in [2.05, 4.69) is 10.3 Å². The summed E-state index contributed by atoms with van der Waals surface area (Å²) in [7, 11) is 0. The molecule has 17 heavy (non-hydrogen) atoms. The number of rotatable bonds is 1. The molecular formula is C12H11N2NaO2. The number of hydrogen-bond donors (Lipinski definition) is 2. The maximum atomic E-state index is 11.0. The first kappa shape index (κ1) is 12.6. The van der Waals surface area contributed by atoms with Crippen molar-refractivity contribution < 1.29 is 39.5 Å². The number of aromatic amines is 1. The topological polar surface area (TPSA) is 67.9 Å². The predicted molar refractivity (Wildman–Crippen MR) is 57.8 cm³/mol. The Balaban J connectivity index is 0.00000108. The average molecular weight is 238 g/mol. The van der Waals surface area contributed by atoms with Crippen LogP contribution in [0.15, 0.2) is 24.3 Å². The number of aromatic nitrogens is 1. The first-order valence-corrected chi connectivity index (χ1v) is 5.31. The SMILES string of the molecule is O=C([O-])C1NCCc2c1[nH]c1ccccc21.[Na+]. The third-order valence-corrected chi connectivity index (χ3v) is 3.09. The van der Waals surface area contributed by atoms with Crippen molar-refractivity contribution in [2.45, 2.75) is 12.5 Å². The van der Waals surface area contributed by atoms with Gasteiger partial charge in [0.15, 0.2) is 0 Å². The molecule has 1 unspecified atom stereocenters. The van der Waals surface area contributed by atoms with Gasteiger partial charge in [-0.3, -0.25) is 0 Å². The number of carboxylic acid groups (broad SMARTS) is 1. The van der Waals surface area contributed by atoms with E-state index in [1.807, 2.05) is 24.3 Å². The third kappa shape index (κ3) is 2.02. The largest absolute Gasteiger partial charge is 1.00 e. The maximum absolute atomic E-state index is 11.0. The fraction of sp³-hybridized carbons (Fsp3) is 0.250. The molecule has 2 N–H and O–H groups in total. The number of carbonyl (C=O) groups excluding carboxylic acids is 1. The minimum Gasteiger partial charge on any atom is -0.548 e. The van der Waals surface area contributed by atoms with Gasteiger partial charge in [0, 0.05) is 23.1 Å². The Kier molecular flexibility index (Phi) is 3.58. The monoisotopic (exact) mass is 238 g/mol. The van der Waals surface area contributed by atoms with Crippen LogP contribution in [0.5, 0.6) is 0 Å². The fourth-order valence-corrected chi connectivity index (χ4v) is 2.38. The second-order valence-electron chi connectivity index (χ2n) is 4.02. The van der Waals surface area contributed by atoms with Gasteiger partial charge in [0.1, 0.15) is 0 Å². The van der Waals surface area contributed by atoms with E-state index in [1.165, 1.54) is 0 Å². The van der Waals surface area contributed by atoms with E-state index in [9.17, 15) is 9.90 Å². The molecule has 0 saturated carbocycles. The molecule has 3 rings (SSSR count). The second kappa shape index (κ2) is 4.82. The van der Waals surface area contributed by atoms with Crippen molar-refractivity contribution >= 4 is 16.9 Å². The molecule has 82 valence electrons. The summed E-state index contributed by atoms with van der Waals surface area (Å²) in [5.41, 5.74) is 2.83. The van der Waals surface area contributed by atoms with Gasteiger partial charge in [-0.05, 0) is 18.1 Å². The van der Waals surface area contributed by atoms with E-state index in [0.717, 1.165) is 28.6 Å². The van der Waals surface area contributed by atoms with Gasteiger partial charge in [0.25, 0.3) is 0 Å².